The van der Waals surface area contributed by atoms with E-state index in [0.717, 1.165) is 28.4 Å². The third-order valence-electron chi connectivity index (χ3n) is 6.78. The van der Waals surface area contributed by atoms with Crippen LogP contribution in [-0.2, 0) is 0 Å². The molecule has 0 aromatic heterocycles. The molecule has 5 atom stereocenters. The number of benzene rings is 3. The van der Waals surface area contributed by atoms with E-state index in [1.807, 2.05) is 80.6 Å². The van der Waals surface area contributed by atoms with Gasteiger partial charge in [0.25, 0.3) is 0 Å². The molecule has 1 unspecified atom stereocenters. The fourth-order valence-electron chi connectivity index (χ4n) is 5.18. The lowest BCUT2D eigenvalue weighted by Gasteiger charge is -2.36. The molecule has 0 saturated heterocycles. The maximum atomic E-state index is 11.6. The van der Waals surface area contributed by atoms with Crippen LogP contribution in [0.25, 0.3) is 0 Å². The van der Waals surface area contributed by atoms with E-state index in [0.29, 0.717) is 10.0 Å². The van der Waals surface area contributed by atoms with Crippen LogP contribution < -0.4 is 10.0 Å². The monoisotopic (exact) mass is 508 g/mol. The number of aliphatic hydroxyl groups excluding tert-OH is 2. The summed E-state index contributed by atoms with van der Waals surface area (Å²) in [6.45, 7) is 3.80. The van der Waals surface area contributed by atoms with Crippen LogP contribution in [0.15, 0.2) is 89.1 Å². The average molecular weight is 509 g/mol. The van der Waals surface area contributed by atoms with Gasteiger partial charge in [0.2, 0.25) is 0 Å². The molecule has 8 heteroatoms. The van der Waals surface area contributed by atoms with Crippen LogP contribution in [0, 0.1) is 11.8 Å². The molecule has 0 aliphatic carbocycles. The Balaban J connectivity index is 1.59. The third kappa shape index (κ3) is 4.32. The second kappa shape index (κ2) is 9.63. The zero-order chi connectivity index (χ0) is 24.7. The van der Waals surface area contributed by atoms with Crippen LogP contribution in [0.5, 0.6) is 0 Å². The number of aliphatic hydroxyl groups is 2. The maximum Gasteiger partial charge on any atom is 0.156 e. The number of hydrazone groups is 2. The summed E-state index contributed by atoms with van der Waals surface area (Å²) in [5.41, 5.74) is 3.83. The predicted octanol–water partition coefficient (Wildman–Crippen LogP) is 5.74. The zero-order valence-corrected chi connectivity index (χ0v) is 20.8. The largest absolute Gasteiger partial charge is 0.371 e. The summed E-state index contributed by atoms with van der Waals surface area (Å²) in [6, 6.07) is 24.4. The van der Waals surface area contributed by atoms with Gasteiger partial charge in [-0.25, -0.2) is 10.0 Å². The van der Waals surface area contributed by atoms with Crippen molar-refractivity contribution in [3.63, 3.8) is 0 Å². The van der Waals surface area contributed by atoms with Gasteiger partial charge in [0.15, 0.2) is 12.5 Å². The highest BCUT2D eigenvalue weighted by atomic mass is 35.5. The average Bonchev–Trinajstić information content (AvgIpc) is 3.32. The minimum atomic E-state index is -0.958. The van der Waals surface area contributed by atoms with Crippen LogP contribution in [0.2, 0.25) is 10.0 Å². The minimum Gasteiger partial charge on any atom is -0.371 e. The molecule has 0 saturated carbocycles. The Bertz CT molecular complexity index is 1200. The summed E-state index contributed by atoms with van der Waals surface area (Å²) in [7, 11) is 0. The molecule has 0 spiro atoms. The van der Waals surface area contributed by atoms with Crippen LogP contribution in [-0.4, -0.2) is 34.1 Å². The standard InChI is InChI=1S/C27H26Cl2N4O2/c1-16-23(26(34)32(30-16)19-9-5-3-6-10-19)25(21-14-13-18(28)15-22(21)29)24-17(2)31-33(27(24)35)20-11-7-4-8-12-20/h3-15,23-27,34-35H,1-2H3/t23-,24+,25?,26-,27-/m1/s1. The van der Waals surface area contributed by atoms with Gasteiger partial charge in [-0.05, 0) is 55.8 Å². The summed E-state index contributed by atoms with van der Waals surface area (Å²) in [4.78, 5) is 0. The number of para-hydroxylation sites is 2. The Morgan fingerprint density at radius 1 is 0.714 bits per heavy atom. The molecule has 2 aliphatic rings. The van der Waals surface area contributed by atoms with Crippen LogP contribution in [0.1, 0.15) is 25.3 Å². The first-order chi connectivity index (χ1) is 16.9. The number of hydrogen-bond acceptors (Lipinski definition) is 6. The van der Waals surface area contributed by atoms with E-state index >= 15 is 0 Å². The van der Waals surface area contributed by atoms with E-state index in [-0.39, 0.29) is 0 Å². The van der Waals surface area contributed by atoms with E-state index in [1.54, 1.807) is 22.2 Å². The Morgan fingerprint density at radius 3 is 1.60 bits per heavy atom. The number of rotatable bonds is 5. The SMILES string of the molecule is CC1=NN(c2ccccc2)[C@H](O)[C@H]1C(c1ccc(Cl)cc1Cl)[C@@H]1C(C)=NN(c2ccccc2)[C@@H]1O. The lowest BCUT2D eigenvalue weighted by Crippen LogP contribution is -2.44. The van der Waals surface area contributed by atoms with Crippen molar-refractivity contribution in [1.29, 1.82) is 0 Å². The summed E-state index contributed by atoms with van der Waals surface area (Å²) in [5, 5.41) is 36.8. The van der Waals surface area contributed by atoms with Gasteiger partial charge in [0.05, 0.1) is 23.2 Å². The molecule has 3 aromatic rings. The van der Waals surface area contributed by atoms with Crippen molar-refractivity contribution >= 4 is 46.0 Å². The molecular formula is C27H26Cl2N4O2. The van der Waals surface area contributed by atoms with Crippen molar-refractivity contribution < 1.29 is 10.2 Å². The minimum absolute atomic E-state index is 0.417. The second-order valence-electron chi connectivity index (χ2n) is 8.91. The van der Waals surface area contributed by atoms with E-state index in [1.165, 1.54) is 0 Å². The Kier molecular flexibility index (Phi) is 6.55. The second-order valence-corrected chi connectivity index (χ2v) is 9.76. The van der Waals surface area contributed by atoms with Crippen molar-refractivity contribution in [2.75, 3.05) is 10.0 Å². The predicted molar refractivity (Wildman–Crippen MR) is 142 cm³/mol. The highest BCUT2D eigenvalue weighted by Gasteiger charge is 2.50. The first-order valence-corrected chi connectivity index (χ1v) is 12.2. The van der Waals surface area contributed by atoms with E-state index in [2.05, 4.69) is 0 Å². The van der Waals surface area contributed by atoms with Crippen molar-refractivity contribution in [3.8, 4) is 0 Å². The summed E-state index contributed by atoms with van der Waals surface area (Å²) < 4.78 is 0. The van der Waals surface area contributed by atoms with Gasteiger partial charge in [-0.3, -0.25) is 0 Å². The fourth-order valence-corrected chi connectivity index (χ4v) is 5.72. The molecule has 0 radical (unpaired) electrons. The molecule has 6 nitrogen and oxygen atoms in total. The van der Waals surface area contributed by atoms with Crippen LogP contribution in [0.4, 0.5) is 11.4 Å². The number of nitrogens with zero attached hydrogens (tertiary/aromatic N) is 4. The normalized spacial score (nSPS) is 25.0. The molecule has 0 fully saturated rings. The van der Waals surface area contributed by atoms with E-state index < -0.39 is 30.2 Å². The van der Waals surface area contributed by atoms with Crippen LogP contribution >= 0.6 is 23.2 Å². The molecule has 2 aliphatic heterocycles. The Hall–Kier alpha value is -2.90. The first kappa shape index (κ1) is 23.8. The number of hydrogen-bond donors (Lipinski definition) is 2. The smallest absolute Gasteiger partial charge is 0.156 e. The summed E-state index contributed by atoms with van der Waals surface area (Å²) in [6.07, 6.45) is -1.92. The molecule has 3 aromatic carbocycles. The topological polar surface area (TPSA) is 71.7 Å². The van der Waals surface area contributed by atoms with Gasteiger partial charge in [0.1, 0.15) is 0 Å². The highest BCUT2D eigenvalue weighted by molar-refractivity contribution is 6.35. The van der Waals surface area contributed by atoms with Crippen molar-refractivity contribution in [1.82, 2.24) is 0 Å². The van der Waals surface area contributed by atoms with Gasteiger partial charge < -0.3 is 10.2 Å². The first-order valence-electron chi connectivity index (χ1n) is 11.5. The van der Waals surface area contributed by atoms with Gasteiger partial charge in [0, 0.05) is 27.4 Å². The maximum absolute atomic E-state index is 11.6. The van der Waals surface area contributed by atoms with Gasteiger partial charge >= 0.3 is 0 Å². The summed E-state index contributed by atoms with van der Waals surface area (Å²) in [5.74, 6) is -1.32. The summed E-state index contributed by atoms with van der Waals surface area (Å²) >= 11 is 12.9. The molecule has 2 N–H and O–H groups in total. The van der Waals surface area contributed by atoms with Crippen molar-refractivity contribution in [2.45, 2.75) is 32.2 Å². The highest BCUT2D eigenvalue weighted by Crippen LogP contribution is 2.47. The molecule has 0 amide bonds. The number of halogens is 2. The van der Waals surface area contributed by atoms with E-state index in [9.17, 15) is 10.2 Å². The molecule has 0 bridgehead atoms. The molecule has 5 rings (SSSR count). The lowest BCUT2D eigenvalue weighted by atomic mass is 9.72. The van der Waals surface area contributed by atoms with Gasteiger partial charge in [-0.2, -0.15) is 10.2 Å². The lowest BCUT2D eigenvalue weighted by molar-refractivity contribution is 0.0886. The number of anilines is 2. The Morgan fingerprint density at radius 2 is 1.17 bits per heavy atom. The van der Waals surface area contributed by atoms with Gasteiger partial charge in [-0.1, -0.05) is 65.7 Å². The van der Waals surface area contributed by atoms with Crippen molar-refractivity contribution in [2.24, 2.45) is 22.0 Å². The molecule has 2 heterocycles. The molecule has 35 heavy (non-hydrogen) atoms. The van der Waals surface area contributed by atoms with Crippen LogP contribution in [0.3, 0.4) is 0 Å². The molecular weight excluding hydrogens is 483 g/mol. The fraction of sp³-hybridized carbons (Fsp3) is 0.259. The third-order valence-corrected chi connectivity index (χ3v) is 7.34. The Labute approximate surface area is 214 Å². The van der Waals surface area contributed by atoms with Crippen molar-refractivity contribution in [3.05, 3.63) is 94.5 Å². The molecule has 180 valence electrons. The van der Waals surface area contributed by atoms with E-state index in [4.69, 9.17) is 33.4 Å². The van der Waals surface area contributed by atoms with Gasteiger partial charge in [-0.15, -0.1) is 0 Å². The quantitative estimate of drug-likeness (QED) is 0.460. The zero-order valence-electron chi connectivity index (χ0n) is 19.3.